The van der Waals surface area contributed by atoms with Crippen molar-refractivity contribution in [2.45, 2.75) is 58.4 Å². The van der Waals surface area contributed by atoms with Gasteiger partial charge in [-0.2, -0.15) is 0 Å². The number of carbonyl (C=O) groups excluding carboxylic acids is 1. The van der Waals surface area contributed by atoms with Crippen LogP contribution in [-0.4, -0.2) is 37.0 Å². The number of rotatable bonds is 2. The molecular weight excluding hydrogens is 224 g/mol. The van der Waals surface area contributed by atoms with Gasteiger partial charge >= 0.3 is 0 Å². The first-order chi connectivity index (χ1) is 8.52. The molecule has 0 aromatic rings. The largest absolute Gasteiger partial charge is 0.342 e. The Morgan fingerprint density at radius 3 is 2.44 bits per heavy atom. The van der Waals surface area contributed by atoms with E-state index in [9.17, 15) is 4.79 Å². The predicted molar refractivity (Wildman–Crippen MR) is 74.4 cm³/mol. The summed E-state index contributed by atoms with van der Waals surface area (Å²) in [5.41, 5.74) is 0.191. The highest BCUT2D eigenvalue weighted by atomic mass is 16.2. The van der Waals surface area contributed by atoms with Gasteiger partial charge in [-0.25, -0.2) is 0 Å². The minimum atomic E-state index is 0.191. The van der Waals surface area contributed by atoms with Crippen LogP contribution in [0.3, 0.4) is 0 Å². The molecule has 0 bridgehead atoms. The van der Waals surface area contributed by atoms with Gasteiger partial charge in [-0.05, 0) is 44.2 Å². The molecule has 2 fully saturated rings. The minimum Gasteiger partial charge on any atom is -0.342 e. The third-order valence-corrected chi connectivity index (χ3v) is 5.01. The Morgan fingerprint density at radius 1 is 1.17 bits per heavy atom. The number of piperidine rings is 1. The van der Waals surface area contributed by atoms with E-state index in [1.54, 1.807) is 0 Å². The molecule has 0 aromatic carbocycles. The molecule has 1 saturated carbocycles. The zero-order chi connectivity index (χ0) is 13.2. The zero-order valence-electron chi connectivity index (χ0n) is 12.2. The Morgan fingerprint density at radius 2 is 1.83 bits per heavy atom. The average molecular weight is 252 g/mol. The molecule has 0 spiro atoms. The van der Waals surface area contributed by atoms with Gasteiger partial charge in [-0.15, -0.1) is 0 Å². The summed E-state index contributed by atoms with van der Waals surface area (Å²) in [6, 6.07) is 0.455. The van der Waals surface area contributed by atoms with Gasteiger partial charge < -0.3 is 10.2 Å². The number of hydrogen-bond acceptors (Lipinski definition) is 2. The van der Waals surface area contributed by atoms with E-state index in [2.05, 4.69) is 24.1 Å². The quantitative estimate of drug-likeness (QED) is 0.818. The summed E-state index contributed by atoms with van der Waals surface area (Å²) in [6.45, 7) is 6.64. The molecule has 1 aliphatic heterocycles. The van der Waals surface area contributed by atoms with E-state index >= 15 is 0 Å². The van der Waals surface area contributed by atoms with Crippen molar-refractivity contribution >= 4 is 5.91 Å². The fourth-order valence-corrected chi connectivity index (χ4v) is 3.57. The molecule has 1 saturated heterocycles. The van der Waals surface area contributed by atoms with E-state index in [0.717, 1.165) is 32.4 Å². The van der Waals surface area contributed by atoms with E-state index in [-0.39, 0.29) is 11.3 Å². The lowest BCUT2D eigenvalue weighted by Gasteiger charge is -2.42. The van der Waals surface area contributed by atoms with E-state index in [1.165, 1.54) is 19.3 Å². The smallest absolute Gasteiger partial charge is 0.226 e. The zero-order valence-corrected chi connectivity index (χ0v) is 12.2. The van der Waals surface area contributed by atoms with Crippen LogP contribution in [0, 0.1) is 11.3 Å². The maximum absolute atomic E-state index is 12.7. The van der Waals surface area contributed by atoms with E-state index in [1.807, 2.05) is 7.05 Å². The Hall–Kier alpha value is -0.570. The third-order valence-electron chi connectivity index (χ3n) is 5.01. The van der Waals surface area contributed by atoms with Crippen LogP contribution < -0.4 is 5.32 Å². The Bertz CT molecular complexity index is 295. The number of carbonyl (C=O) groups is 1. The molecule has 18 heavy (non-hydrogen) atoms. The average Bonchev–Trinajstić information content (AvgIpc) is 2.37. The first kappa shape index (κ1) is 13.9. The molecule has 0 aromatic heterocycles. The van der Waals surface area contributed by atoms with E-state index < -0.39 is 0 Å². The maximum Gasteiger partial charge on any atom is 0.226 e. The van der Waals surface area contributed by atoms with Crippen LogP contribution >= 0.6 is 0 Å². The molecule has 2 rings (SSSR count). The molecule has 3 heteroatoms. The summed E-state index contributed by atoms with van der Waals surface area (Å²) < 4.78 is 0. The molecule has 1 heterocycles. The number of nitrogens with one attached hydrogen (secondary N) is 1. The summed E-state index contributed by atoms with van der Waals surface area (Å²) in [5, 5.41) is 3.37. The second kappa shape index (κ2) is 5.60. The van der Waals surface area contributed by atoms with Crippen molar-refractivity contribution in [2.24, 2.45) is 11.3 Å². The van der Waals surface area contributed by atoms with Gasteiger partial charge in [0.05, 0.1) is 0 Å². The lowest BCUT2D eigenvalue weighted by Crippen LogP contribution is -2.49. The molecule has 104 valence electrons. The lowest BCUT2D eigenvalue weighted by molar-refractivity contribution is -0.142. The fourth-order valence-electron chi connectivity index (χ4n) is 3.57. The summed E-state index contributed by atoms with van der Waals surface area (Å²) in [7, 11) is 2.02. The molecule has 1 unspecified atom stereocenters. The normalized spacial score (nSPS) is 28.9. The van der Waals surface area contributed by atoms with Gasteiger partial charge in [0, 0.05) is 19.0 Å². The fraction of sp³-hybridized carbons (Fsp3) is 0.933. The van der Waals surface area contributed by atoms with Crippen LogP contribution in [0.1, 0.15) is 52.4 Å². The van der Waals surface area contributed by atoms with Crippen LogP contribution in [0.25, 0.3) is 0 Å². The molecule has 1 amide bonds. The van der Waals surface area contributed by atoms with Gasteiger partial charge in [0.15, 0.2) is 0 Å². The summed E-state index contributed by atoms with van der Waals surface area (Å²) in [6.07, 6.45) is 7.00. The minimum absolute atomic E-state index is 0.191. The van der Waals surface area contributed by atoms with Crippen molar-refractivity contribution in [3.63, 3.8) is 0 Å². The topological polar surface area (TPSA) is 32.3 Å². The highest BCUT2D eigenvalue weighted by Crippen LogP contribution is 2.41. The summed E-state index contributed by atoms with van der Waals surface area (Å²) in [4.78, 5) is 14.8. The van der Waals surface area contributed by atoms with Gasteiger partial charge in [0.2, 0.25) is 5.91 Å². The first-order valence-corrected chi connectivity index (χ1v) is 7.50. The summed E-state index contributed by atoms with van der Waals surface area (Å²) in [5.74, 6) is 0.637. The standard InChI is InChI=1S/C15H28N2O/c1-15(2)9-5-4-6-13(15)14(18)17(3)12-7-10-16-11-8-12/h12-13,16H,4-11H2,1-3H3. The number of nitrogens with zero attached hydrogens (tertiary/aromatic N) is 1. The second-order valence-electron chi connectivity index (χ2n) is 6.72. The number of amides is 1. The Labute approximate surface area is 111 Å². The van der Waals surface area contributed by atoms with Gasteiger partial charge in [0.25, 0.3) is 0 Å². The van der Waals surface area contributed by atoms with E-state index in [0.29, 0.717) is 11.9 Å². The monoisotopic (exact) mass is 252 g/mol. The highest BCUT2D eigenvalue weighted by Gasteiger charge is 2.39. The van der Waals surface area contributed by atoms with Gasteiger partial charge in [-0.1, -0.05) is 26.7 Å². The van der Waals surface area contributed by atoms with Gasteiger partial charge in [-0.3, -0.25) is 4.79 Å². The van der Waals surface area contributed by atoms with Crippen molar-refractivity contribution in [3.05, 3.63) is 0 Å². The highest BCUT2D eigenvalue weighted by molar-refractivity contribution is 5.79. The molecule has 1 aliphatic carbocycles. The predicted octanol–water partition coefficient (Wildman–Crippen LogP) is 2.41. The Balaban J connectivity index is 2.00. The van der Waals surface area contributed by atoms with Crippen molar-refractivity contribution in [1.82, 2.24) is 10.2 Å². The maximum atomic E-state index is 12.7. The van der Waals surface area contributed by atoms with Crippen molar-refractivity contribution in [1.29, 1.82) is 0 Å². The third kappa shape index (κ3) is 2.87. The molecule has 2 aliphatic rings. The van der Waals surface area contributed by atoms with Crippen molar-refractivity contribution < 1.29 is 4.79 Å². The first-order valence-electron chi connectivity index (χ1n) is 7.50. The van der Waals surface area contributed by atoms with Crippen molar-refractivity contribution in [2.75, 3.05) is 20.1 Å². The van der Waals surface area contributed by atoms with Crippen molar-refractivity contribution in [3.8, 4) is 0 Å². The SMILES string of the molecule is CN(C(=O)C1CCCCC1(C)C)C1CCNCC1. The molecule has 1 N–H and O–H groups in total. The Kier molecular flexibility index (Phi) is 4.31. The van der Waals surface area contributed by atoms with Crippen LogP contribution in [0.4, 0.5) is 0 Å². The van der Waals surface area contributed by atoms with Crippen LogP contribution in [0.2, 0.25) is 0 Å². The molecule has 3 nitrogen and oxygen atoms in total. The van der Waals surface area contributed by atoms with Crippen LogP contribution in [-0.2, 0) is 4.79 Å². The summed E-state index contributed by atoms with van der Waals surface area (Å²) >= 11 is 0. The molecule has 0 radical (unpaired) electrons. The molecule has 1 atom stereocenters. The van der Waals surface area contributed by atoms with Crippen LogP contribution in [0.5, 0.6) is 0 Å². The van der Waals surface area contributed by atoms with E-state index in [4.69, 9.17) is 0 Å². The molecular formula is C15H28N2O. The lowest BCUT2D eigenvalue weighted by atomic mass is 9.68. The second-order valence-corrected chi connectivity index (χ2v) is 6.72. The van der Waals surface area contributed by atoms with Crippen LogP contribution in [0.15, 0.2) is 0 Å². The van der Waals surface area contributed by atoms with Gasteiger partial charge in [0.1, 0.15) is 0 Å². The number of hydrogen-bond donors (Lipinski definition) is 1.